The summed E-state index contributed by atoms with van der Waals surface area (Å²) in [6.07, 6.45) is 5.26. The third-order valence-electron chi connectivity index (χ3n) is 5.56. The number of nitro groups is 1. The van der Waals surface area contributed by atoms with Crippen LogP contribution in [0.4, 0.5) is 5.69 Å². The molecule has 9 heteroatoms. The summed E-state index contributed by atoms with van der Waals surface area (Å²) in [7, 11) is 0. The lowest BCUT2D eigenvalue weighted by atomic mass is 10.0. The van der Waals surface area contributed by atoms with Gasteiger partial charge in [-0.3, -0.25) is 20.1 Å². The number of pyridine rings is 2. The molecule has 1 aliphatic rings. The van der Waals surface area contributed by atoms with E-state index in [1.807, 2.05) is 41.3 Å². The number of hydrogen-bond acceptors (Lipinski definition) is 6. The predicted molar refractivity (Wildman–Crippen MR) is 126 cm³/mol. The fourth-order valence-corrected chi connectivity index (χ4v) is 4.38. The first-order valence-corrected chi connectivity index (χ1v) is 10.7. The zero-order chi connectivity index (χ0) is 22.8. The third kappa shape index (κ3) is 4.06. The van der Waals surface area contributed by atoms with Gasteiger partial charge in [-0.1, -0.05) is 24.3 Å². The molecule has 0 radical (unpaired) electrons. The molecule has 2 atom stereocenters. The van der Waals surface area contributed by atoms with Crippen LogP contribution in [0.1, 0.15) is 29.1 Å². The Balaban J connectivity index is 1.56. The van der Waals surface area contributed by atoms with Crippen molar-refractivity contribution in [3.05, 3.63) is 112 Å². The van der Waals surface area contributed by atoms with Gasteiger partial charge >= 0.3 is 0 Å². The van der Waals surface area contributed by atoms with E-state index in [0.717, 1.165) is 11.3 Å². The number of benzene rings is 1. The number of para-hydroxylation sites is 1. The van der Waals surface area contributed by atoms with Gasteiger partial charge in [0.25, 0.3) is 5.69 Å². The van der Waals surface area contributed by atoms with Crippen LogP contribution in [0.3, 0.4) is 0 Å². The summed E-state index contributed by atoms with van der Waals surface area (Å²) in [5.74, 6) is 1.06. The molecule has 4 aromatic rings. The van der Waals surface area contributed by atoms with E-state index in [1.165, 1.54) is 6.07 Å². The van der Waals surface area contributed by atoms with E-state index in [4.69, 9.17) is 16.6 Å². The maximum atomic E-state index is 11.5. The number of nitrogens with zero attached hydrogens (tertiary/aromatic N) is 4. The fourth-order valence-electron chi connectivity index (χ4n) is 4.07. The maximum absolute atomic E-state index is 11.5. The minimum atomic E-state index is -0.408. The van der Waals surface area contributed by atoms with Gasteiger partial charge in [-0.25, -0.2) is 0 Å². The summed E-state index contributed by atoms with van der Waals surface area (Å²) in [6, 6.07) is 19.2. The minimum absolute atomic E-state index is 0.00744. The number of furan rings is 1. The Hall–Kier alpha value is -4.11. The first-order chi connectivity index (χ1) is 16.1. The number of thiocarbonyl (C=S) groups is 1. The van der Waals surface area contributed by atoms with Crippen LogP contribution in [-0.4, -0.2) is 24.9 Å². The standard InChI is InChI=1S/C24H19N5O3S/c30-29(31)19-9-2-1-7-17(19)20-10-11-21(32-20)23-22(18-8-3-4-13-26-18)27-24(33)28(23)15-16-6-5-12-25-14-16/h1-14,22-23H,15H2,(H,27,33)/t22-,23-/m1/s1. The largest absolute Gasteiger partial charge is 0.459 e. The lowest BCUT2D eigenvalue weighted by Gasteiger charge is -2.26. The zero-order valence-corrected chi connectivity index (χ0v) is 18.2. The Labute approximate surface area is 195 Å². The Kier molecular flexibility index (Phi) is 5.54. The van der Waals surface area contributed by atoms with Crippen LogP contribution in [0.25, 0.3) is 11.3 Å². The highest BCUT2D eigenvalue weighted by Gasteiger charge is 2.41. The highest BCUT2D eigenvalue weighted by molar-refractivity contribution is 7.80. The van der Waals surface area contributed by atoms with Crippen molar-refractivity contribution in [1.29, 1.82) is 0 Å². The van der Waals surface area contributed by atoms with Crippen molar-refractivity contribution in [2.45, 2.75) is 18.6 Å². The molecule has 0 unspecified atom stereocenters. The monoisotopic (exact) mass is 457 g/mol. The van der Waals surface area contributed by atoms with E-state index in [1.54, 1.807) is 42.9 Å². The summed E-state index contributed by atoms with van der Waals surface area (Å²) in [5.41, 5.74) is 2.24. The molecule has 5 rings (SSSR count). The molecule has 4 heterocycles. The van der Waals surface area contributed by atoms with Crippen molar-refractivity contribution in [2.24, 2.45) is 0 Å². The highest BCUT2D eigenvalue weighted by Crippen LogP contribution is 2.42. The normalized spacial score (nSPS) is 17.7. The SMILES string of the molecule is O=[N+]([O-])c1ccccc1-c1ccc([C@@H]2[C@@H](c3ccccn3)NC(=S)N2Cc2cccnc2)o1. The van der Waals surface area contributed by atoms with Gasteiger partial charge in [0.05, 0.1) is 22.2 Å². The van der Waals surface area contributed by atoms with Gasteiger partial charge in [0.15, 0.2) is 5.11 Å². The average Bonchev–Trinajstić information content (AvgIpc) is 3.45. The van der Waals surface area contributed by atoms with Crippen LogP contribution in [0.2, 0.25) is 0 Å². The van der Waals surface area contributed by atoms with Crippen molar-refractivity contribution in [2.75, 3.05) is 0 Å². The van der Waals surface area contributed by atoms with Crippen molar-refractivity contribution < 1.29 is 9.34 Å². The molecule has 0 saturated carbocycles. The van der Waals surface area contributed by atoms with Gasteiger partial charge in [-0.15, -0.1) is 0 Å². The molecule has 164 valence electrons. The molecule has 1 fully saturated rings. The number of aromatic nitrogens is 2. The van der Waals surface area contributed by atoms with Gasteiger partial charge in [-0.05, 0) is 54.2 Å². The van der Waals surface area contributed by atoms with Gasteiger partial charge in [-0.2, -0.15) is 0 Å². The molecule has 1 saturated heterocycles. The number of rotatable bonds is 6. The molecule has 33 heavy (non-hydrogen) atoms. The summed E-state index contributed by atoms with van der Waals surface area (Å²) < 4.78 is 6.22. The second-order valence-electron chi connectivity index (χ2n) is 7.59. The van der Waals surface area contributed by atoms with Crippen molar-refractivity contribution >= 4 is 23.0 Å². The number of nitrogens with one attached hydrogen (secondary N) is 1. The predicted octanol–water partition coefficient (Wildman–Crippen LogP) is 4.82. The minimum Gasteiger partial charge on any atom is -0.459 e. The van der Waals surface area contributed by atoms with Crippen molar-refractivity contribution in [1.82, 2.24) is 20.2 Å². The molecule has 1 aromatic carbocycles. The fraction of sp³-hybridized carbons (Fsp3) is 0.125. The van der Waals surface area contributed by atoms with Gasteiger partial charge in [0, 0.05) is 31.2 Å². The summed E-state index contributed by atoms with van der Waals surface area (Å²) in [6.45, 7) is 0.523. The maximum Gasteiger partial charge on any atom is 0.280 e. The Morgan fingerprint density at radius 3 is 2.67 bits per heavy atom. The number of hydrogen-bond donors (Lipinski definition) is 1. The Morgan fingerprint density at radius 1 is 1.06 bits per heavy atom. The topological polar surface area (TPSA) is 97.3 Å². The van der Waals surface area contributed by atoms with Crippen molar-refractivity contribution in [3.8, 4) is 11.3 Å². The van der Waals surface area contributed by atoms with Crippen LogP contribution in [-0.2, 0) is 6.54 Å². The van der Waals surface area contributed by atoms with Crippen LogP contribution >= 0.6 is 12.2 Å². The third-order valence-corrected chi connectivity index (χ3v) is 5.91. The summed E-state index contributed by atoms with van der Waals surface area (Å²) in [4.78, 5) is 21.9. The second kappa shape index (κ2) is 8.79. The second-order valence-corrected chi connectivity index (χ2v) is 7.98. The lowest BCUT2D eigenvalue weighted by molar-refractivity contribution is -0.384. The molecule has 0 spiro atoms. The van der Waals surface area contributed by atoms with Crippen LogP contribution < -0.4 is 5.32 Å². The zero-order valence-electron chi connectivity index (χ0n) is 17.4. The lowest BCUT2D eigenvalue weighted by Crippen LogP contribution is -2.29. The van der Waals surface area contributed by atoms with E-state index in [2.05, 4.69) is 15.3 Å². The molecule has 1 N–H and O–H groups in total. The highest BCUT2D eigenvalue weighted by atomic mass is 32.1. The molecular formula is C24H19N5O3S. The molecule has 3 aromatic heterocycles. The van der Waals surface area contributed by atoms with E-state index < -0.39 is 4.92 Å². The van der Waals surface area contributed by atoms with E-state index in [-0.39, 0.29) is 17.8 Å². The average molecular weight is 458 g/mol. The van der Waals surface area contributed by atoms with Gasteiger partial charge < -0.3 is 14.6 Å². The van der Waals surface area contributed by atoms with E-state index in [0.29, 0.717) is 28.7 Å². The first-order valence-electron chi connectivity index (χ1n) is 10.3. The molecule has 1 aliphatic heterocycles. The molecule has 0 amide bonds. The van der Waals surface area contributed by atoms with E-state index in [9.17, 15) is 10.1 Å². The van der Waals surface area contributed by atoms with Gasteiger partial charge in [0.1, 0.15) is 17.6 Å². The quantitative estimate of drug-likeness (QED) is 0.250. The van der Waals surface area contributed by atoms with Gasteiger partial charge in [0.2, 0.25) is 0 Å². The molecule has 0 bridgehead atoms. The molecule has 0 aliphatic carbocycles. The van der Waals surface area contributed by atoms with E-state index >= 15 is 0 Å². The van der Waals surface area contributed by atoms with Crippen LogP contribution in [0, 0.1) is 10.1 Å². The Morgan fingerprint density at radius 2 is 1.91 bits per heavy atom. The molecule has 8 nitrogen and oxygen atoms in total. The summed E-state index contributed by atoms with van der Waals surface area (Å²) >= 11 is 5.68. The summed E-state index contributed by atoms with van der Waals surface area (Å²) in [5, 5.41) is 15.5. The van der Waals surface area contributed by atoms with Crippen LogP contribution in [0.5, 0.6) is 0 Å². The smallest absolute Gasteiger partial charge is 0.280 e. The Bertz CT molecular complexity index is 1300. The van der Waals surface area contributed by atoms with Crippen molar-refractivity contribution in [3.63, 3.8) is 0 Å². The first kappa shape index (κ1) is 20.8. The van der Waals surface area contributed by atoms with Crippen LogP contribution in [0.15, 0.2) is 89.7 Å². The molecular weight excluding hydrogens is 438 g/mol. The number of nitro benzene ring substituents is 1.